The number of hydrogen-bond donors (Lipinski definition) is 2. The van der Waals surface area contributed by atoms with E-state index in [0.29, 0.717) is 12.8 Å². The minimum absolute atomic E-state index is 0.0400. The lowest BCUT2D eigenvalue weighted by atomic mass is 10.1. The summed E-state index contributed by atoms with van der Waals surface area (Å²) in [6.07, 6.45) is 113. The van der Waals surface area contributed by atoms with E-state index < -0.39 is 32.5 Å². The van der Waals surface area contributed by atoms with Gasteiger partial charge in [-0.2, -0.15) is 0 Å². The Morgan fingerprint density at radius 2 is 0.571 bits per heavy atom. The summed E-state index contributed by atoms with van der Waals surface area (Å²) >= 11 is 0. The zero-order chi connectivity index (χ0) is 65.8. The predicted molar refractivity (Wildman–Crippen MR) is 394 cm³/mol. The lowest BCUT2D eigenvalue weighted by molar-refractivity contribution is -0.161. The third-order valence-corrected chi connectivity index (χ3v) is 15.1. The van der Waals surface area contributed by atoms with Gasteiger partial charge in [0.25, 0.3) is 0 Å². The van der Waals surface area contributed by atoms with Crippen LogP contribution < -0.4 is 5.73 Å². The zero-order valence-corrected chi connectivity index (χ0v) is 58.1. The highest BCUT2D eigenvalue weighted by Crippen LogP contribution is 2.43. The first kappa shape index (κ1) is 85.6. The molecule has 0 aromatic rings. The van der Waals surface area contributed by atoms with Gasteiger partial charge in [0.05, 0.1) is 13.2 Å². The monoisotopic (exact) mass is 1270 g/mol. The lowest BCUT2D eigenvalue weighted by Crippen LogP contribution is -2.29. The largest absolute Gasteiger partial charge is 0.472 e. The van der Waals surface area contributed by atoms with Crippen molar-refractivity contribution in [1.29, 1.82) is 0 Å². The van der Waals surface area contributed by atoms with Gasteiger partial charge in [-0.3, -0.25) is 18.6 Å². The minimum Gasteiger partial charge on any atom is -0.462 e. The quantitative estimate of drug-likeness (QED) is 0.0264. The summed E-state index contributed by atoms with van der Waals surface area (Å²) < 4.78 is 33.2. The van der Waals surface area contributed by atoms with E-state index in [4.69, 9.17) is 24.3 Å². The van der Waals surface area contributed by atoms with Gasteiger partial charge < -0.3 is 20.1 Å². The van der Waals surface area contributed by atoms with Crippen LogP contribution in [0.25, 0.3) is 0 Å². The van der Waals surface area contributed by atoms with E-state index in [-0.39, 0.29) is 32.6 Å². The second-order valence-corrected chi connectivity index (χ2v) is 24.1. The first-order chi connectivity index (χ1) is 44.8. The summed E-state index contributed by atoms with van der Waals surface area (Å²) in [4.78, 5) is 35.4. The number of phosphoric ester groups is 1. The molecule has 0 saturated carbocycles. The summed E-state index contributed by atoms with van der Waals surface area (Å²) in [5.41, 5.74) is 5.40. The second-order valence-electron chi connectivity index (χ2n) is 22.6. The third kappa shape index (κ3) is 73.5. The highest BCUT2D eigenvalue weighted by molar-refractivity contribution is 7.47. The number of rotatable bonds is 64. The van der Waals surface area contributed by atoms with Crippen molar-refractivity contribution in [2.45, 2.75) is 264 Å². The van der Waals surface area contributed by atoms with Crippen LogP contribution in [0, 0.1) is 0 Å². The number of hydrogen-bond acceptors (Lipinski definition) is 8. The molecule has 0 aromatic heterocycles. The Bertz CT molecular complexity index is 2250. The van der Waals surface area contributed by atoms with Crippen LogP contribution in [-0.4, -0.2) is 49.3 Å². The topological polar surface area (TPSA) is 134 Å². The van der Waals surface area contributed by atoms with Crippen LogP contribution in [0.1, 0.15) is 258 Å². The lowest BCUT2D eigenvalue weighted by Gasteiger charge is -2.19. The van der Waals surface area contributed by atoms with Crippen molar-refractivity contribution in [1.82, 2.24) is 0 Å². The molecule has 0 rings (SSSR count). The zero-order valence-electron chi connectivity index (χ0n) is 57.2. The molecule has 0 aromatic carbocycles. The molecule has 0 radical (unpaired) electrons. The van der Waals surface area contributed by atoms with Gasteiger partial charge in [-0.05, 0) is 148 Å². The number of phosphoric acid groups is 1. The van der Waals surface area contributed by atoms with Gasteiger partial charge in [0.2, 0.25) is 0 Å². The smallest absolute Gasteiger partial charge is 0.462 e. The number of carbonyl (C=O) groups excluding carboxylic acids is 2. The SMILES string of the molecule is CC/C=C\C/C=C\C/C=C\C/C=C\C/C=C\C/C=C\C/C=C\C/C=C\C/C=C\CCCCCCCCCC(=O)OC(COC(=O)CCCCCCCCCCCC/C=C\C/C=C\C/C=C\C/C=C\C/C=C\C/C=C\C/C=C\C/C=C\CC)COP(=O)(O)OCCN. The van der Waals surface area contributed by atoms with Gasteiger partial charge in [-0.25, -0.2) is 4.57 Å². The van der Waals surface area contributed by atoms with Gasteiger partial charge in [0.15, 0.2) is 6.10 Å². The molecule has 3 N–H and O–H groups in total. The van der Waals surface area contributed by atoms with Crippen LogP contribution in [0.4, 0.5) is 0 Å². The Hall–Kier alpha value is -5.41. The van der Waals surface area contributed by atoms with Crippen molar-refractivity contribution in [3.63, 3.8) is 0 Å². The van der Waals surface area contributed by atoms with E-state index in [1.807, 2.05) is 0 Å². The average Bonchev–Trinajstić information content (AvgIpc) is 3.68. The van der Waals surface area contributed by atoms with E-state index >= 15 is 0 Å². The number of carbonyl (C=O) groups is 2. The number of allylic oxidation sites excluding steroid dienone is 34. The van der Waals surface area contributed by atoms with E-state index in [1.54, 1.807) is 0 Å². The molecular weight excluding hydrogens is 1150 g/mol. The summed E-state index contributed by atoms with van der Waals surface area (Å²) in [5, 5.41) is 0. The Kier molecular flexibility index (Phi) is 69.3. The van der Waals surface area contributed by atoms with Crippen molar-refractivity contribution >= 4 is 19.8 Å². The Morgan fingerprint density at radius 3 is 0.846 bits per heavy atom. The van der Waals surface area contributed by atoms with Crippen LogP contribution in [0.3, 0.4) is 0 Å². The minimum atomic E-state index is -4.41. The van der Waals surface area contributed by atoms with Crippen molar-refractivity contribution in [3.05, 3.63) is 207 Å². The molecule has 0 aliphatic rings. The van der Waals surface area contributed by atoms with E-state index in [9.17, 15) is 19.0 Å². The van der Waals surface area contributed by atoms with Crippen molar-refractivity contribution in [2.75, 3.05) is 26.4 Å². The van der Waals surface area contributed by atoms with Gasteiger partial charge >= 0.3 is 19.8 Å². The summed E-state index contributed by atoms with van der Waals surface area (Å²) in [6.45, 7) is 3.48. The predicted octanol–water partition coefficient (Wildman–Crippen LogP) is 23.9. The Balaban J connectivity index is 4.02. The molecule has 2 unspecified atom stereocenters. The van der Waals surface area contributed by atoms with Crippen molar-refractivity contribution in [2.24, 2.45) is 5.73 Å². The molecule has 0 spiro atoms. The van der Waals surface area contributed by atoms with Crippen LogP contribution in [0.5, 0.6) is 0 Å². The first-order valence-electron chi connectivity index (χ1n) is 35.6. The van der Waals surface area contributed by atoms with Crippen LogP contribution in [0.15, 0.2) is 207 Å². The van der Waals surface area contributed by atoms with Gasteiger partial charge in [-0.15, -0.1) is 0 Å². The standard InChI is InChI=1S/C81H128NO8P/c1-3-5-7-9-11-13-15-17-19-21-23-25-27-29-31-33-35-37-39-41-43-45-47-49-51-53-55-57-59-61-63-65-67-69-71-73-80(83)87-77-79(78-89-91(85,86)88-76-75-82)90-81(84)74-72-70-68-66-64-62-60-58-56-54-52-50-48-46-44-42-40-38-36-34-32-30-28-26-24-22-20-18-16-14-12-10-8-6-4-2/h5-8,11-14,17-20,23-26,29-32,35-38,41-44,47-50,54,56,79H,3-4,9-10,15-16,21-22,27-28,33-34,39-40,45-46,51-53,55,57-78,82H2,1-2H3,(H,85,86)/b7-5-,8-6-,13-11-,14-12-,19-17-,20-18-,25-23-,26-24-,31-29-,32-30-,37-35-,38-36-,43-41-,44-42-,49-47-,50-48-,56-54-. The van der Waals surface area contributed by atoms with Crippen molar-refractivity contribution < 1.29 is 37.6 Å². The van der Waals surface area contributed by atoms with E-state index in [1.165, 1.54) is 51.4 Å². The average molecular weight is 1270 g/mol. The molecule has 0 bridgehead atoms. The highest BCUT2D eigenvalue weighted by atomic mass is 31.2. The van der Waals surface area contributed by atoms with Crippen LogP contribution in [0.2, 0.25) is 0 Å². The van der Waals surface area contributed by atoms with Crippen LogP contribution >= 0.6 is 7.82 Å². The fourth-order valence-electron chi connectivity index (χ4n) is 9.00. The first-order valence-corrected chi connectivity index (χ1v) is 37.1. The number of ether oxygens (including phenoxy) is 2. The van der Waals surface area contributed by atoms with E-state index in [2.05, 4.69) is 220 Å². The summed E-state index contributed by atoms with van der Waals surface area (Å²) in [5.74, 6) is -0.859. The maximum atomic E-state index is 12.8. The normalized spacial score (nSPS) is 14.2. The summed E-state index contributed by atoms with van der Waals surface area (Å²) in [7, 11) is -4.41. The molecule has 0 aliphatic heterocycles. The fourth-order valence-corrected chi connectivity index (χ4v) is 9.76. The number of esters is 2. The Morgan fingerprint density at radius 1 is 0.330 bits per heavy atom. The fraction of sp³-hybridized carbons (Fsp3) is 0.556. The van der Waals surface area contributed by atoms with Gasteiger partial charge in [0.1, 0.15) is 6.61 Å². The van der Waals surface area contributed by atoms with Gasteiger partial charge in [-0.1, -0.05) is 304 Å². The van der Waals surface area contributed by atoms with Crippen molar-refractivity contribution in [3.8, 4) is 0 Å². The van der Waals surface area contributed by atoms with E-state index in [0.717, 1.165) is 167 Å². The molecule has 2 atom stereocenters. The maximum absolute atomic E-state index is 12.8. The van der Waals surface area contributed by atoms with Crippen LogP contribution in [-0.2, 0) is 32.7 Å². The molecule has 0 aliphatic carbocycles. The molecule has 0 saturated heterocycles. The molecular formula is C81H128NO8P. The number of nitrogens with two attached hydrogens (primary N) is 1. The third-order valence-electron chi connectivity index (χ3n) is 14.2. The molecule has 0 fully saturated rings. The molecule has 91 heavy (non-hydrogen) atoms. The number of unbranched alkanes of at least 4 members (excludes halogenated alkanes) is 17. The molecule has 510 valence electrons. The highest BCUT2D eigenvalue weighted by Gasteiger charge is 2.26. The molecule has 0 heterocycles. The summed E-state index contributed by atoms with van der Waals surface area (Å²) in [6, 6.07) is 0. The Labute approximate surface area is 557 Å². The molecule has 10 heteroatoms. The van der Waals surface area contributed by atoms with Gasteiger partial charge in [0, 0.05) is 19.4 Å². The second kappa shape index (κ2) is 73.6. The maximum Gasteiger partial charge on any atom is 0.472 e. The molecule has 0 amide bonds. The molecule has 9 nitrogen and oxygen atoms in total.